The Morgan fingerprint density at radius 3 is 2.62 bits per heavy atom. The molecule has 154 valence electrons. The Labute approximate surface area is 168 Å². The highest BCUT2D eigenvalue weighted by Crippen LogP contribution is 2.24. The van der Waals surface area contributed by atoms with Gasteiger partial charge in [-0.1, -0.05) is 13.3 Å². The van der Waals surface area contributed by atoms with E-state index >= 15 is 0 Å². The Morgan fingerprint density at radius 2 is 1.93 bits per heavy atom. The smallest absolute Gasteiger partial charge is 0.413 e. The quantitative estimate of drug-likeness (QED) is 0.376. The summed E-state index contributed by atoms with van der Waals surface area (Å²) < 4.78 is 34.8. The number of rotatable bonds is 8. The average molecular weight is 418 g/mol. The van der Waals surface area contributed by atoms with E-state index < -0.39 is 16.2 Å². The second kappa shape index (κ2) is 8.82. The number of aromatic nitrogens is 2. The van der Waals surface area contributed by atoms with Gasteiger partial charge in [-0.15, -0.1) is 0 Å². The van der Waals surface area contributed by atoms with Gasteiger partial charge in [-0.25, -0.2) is 9.78 Å². The molecule has 0 aliphatic carbocycles. The maximum absolute atomic E-state index is 12.6. The minimum atomic E-state index is -4.00. The van der Waals surface area contributed by atoms with E-state index in [4.69, 9.17) is 4.18 Å². The molecule has 29 heavy (non-hydrogen) atoms. The average Bonchev–Trinajstić information content (AvgIpc) is 3.09. The van der Waals surface area contributed by atoms with Crippen molar-refractivity contribution in [2.24, 2.45) is 0 Å². The van der Waals surface area contributed by atoms with Crippen LogP contribution in [-0.4, -0.2) is 38.1 Å². The minimum absolute atomic E-state index is 0.0497. The van der Waals surface area contributed by atoms with Crippen molar-refractivity contribution in [2.75, 3.05) is 24.3 Å². The standard InChI is InChI=1S/C19H22N4O5S/c1-3-4-11-20-13-5-8-15(9-6-13)29(25,26)28-14-7-10-16-17(12-14)22-18(21-16)23-19(24)27-2/h5-10,12,20H,3-4,11H2,1-2H3,(H2,21,22,23,24). The van der Waals surface area contributed by atoms with Gasteiger partial charge in [-0.05, 0) is 42.8 Å². The van der Waals surface area contributed by atoms with Gasteiger partial charge in [0.2, 0.25) is 5.95 Å². The molecule has 0 aliphatic rings. The number of amides is 1. The molecular formula is C19H22N4O5S. The Morgan fingerprint density at radius 1 is 1.17 bits per heavy atom. The van der Waals surface area contributed by atoms with Crippen LogP contribution in [0.5, 0.6) is 5.75 Å². The summed E-state index contributed by atoms with van der Waals surface area (Å²) in [6.45, 7) is 2.93. The van der Waals surface area contributed by atoms with Gasteiger partial charge >= 0.3 is 16.2 Å². The number of carbonyl (C=O) groups excluding carboxylic acids is 1. The number of anilines is 2. The molecule has 1 heterocycles. The van der Waals surface area contributed by atoms with Crippen LogP contribution in [-0.2, 0) is 14.9 Å². The predicted octanol–water partition coefficient (Wildman–Crippen LogP) is 3.72. The Kier molecular flexibility index (Phi) is 6.23. The number of fused-ring (bicyclic) bond motifs is 1. The van der Waals surface area contributed by atoms with E-state index in [0.717, 1.165) is 25.1 Å². The predicted molar refractivity (Wildman–Crippen MR) is 110 cm³/mol. The SMILES string of the molecule is CCCCNc1ccc(S(=O)(=O)Oc2ccc3[nH]c(NC(=O)OC)nc3c2)cc1. The molecule has 3 aromatic rings. The summed E-state index contributed by atoms with van der Waals surface area (Å²) in [7, 11) is -2.76. The number of nitrogens with one attached hydrogen (secondary N) is 3. The van der Waals surface area contributed by atoms with E-state index in [0.29, 0.717) is 11.0 Å². The second-order valence-electron chi connectivity index (χ2n) is 6.22. The molecule has 1 aromatic heterocycles. The largest absolute Gasteiger partial charge is 0.453 e. The molecule has 3 rings (SSSR count). The molecular weight excluding hydrogens is 396 g/mol. The zero-order chi connectivity index (χ0) is 20.9. The molecule has 9 nitrogen and oxygen atoms in total. The van der Waals surface area contributed by atoms with Gasteiger partial charge < -0.3 is 19.2 Å². The molecule has 1 amide bonds. The summed E-state index contributed by atoms with van der Waals surface area (Å²) in [6, 6.07) is 11.0. The number of aromatic amines is 1. The van der Waals surface area contributed by atoms with Gasteiger partial charge in [0.1, 0.15) is 10.6 Å². The number of benzene rings is 2. The highest BCUT2D eigenvalue weighted by atomic mass is 32.2. The number of H-pyrrole nitrogens is 1. The van der Waals surface area contributed by atoms with Crippen LogP contribution in [0.1, 0.15) is 19.8 Å². The third-order valence-electron chi connectivity index (χ3n) is 4.07. The van der Waals surface area contributed by atoms with Crippen molar-refractivity contribution in [1.29, 1.82) is 0 Å². The van der Waals surface area contributed by atoms with E-state index in [1.54, 1.807) is 18.2 Å². The first-order valence-electron chi connectivity index (χ1n) is 9.04. The van der Waals surface area contributed by atoms with Crippen LogP contribution >= 0.6 is 0 Å². The summed E-state index contributed by atoms with van der Waals surface area (Å²) in [6.07, 6.45) is 1.44. The van der Waals surface area contributed by atoms with Crippen LogP contribution in [0.4, 0.5) is 16.4 Å². The van der Waals surface area contributed by atoms with E-state index in [9.17, 15) is 13.2 Å². The van der Waals surface area contributed by atoms with E-state index in [2.05, 4.69) is 32.3 Å². The molecule has 0 atom stereocenters. The van der Waals surface area contributed by atoms with Crippen LogP contribution in [0.25, 0.3) is 11.0 Å². The van der Waals surface area contributed by atoms with Crippen LogP contribution < -0.4 is 14.8 Å². The van der Waals surface area contributed by atoms with Gasteiger partial charge in [-0.2, -0.15) is 8.42 Å². The van der Waals surface area contributed by atoms with Crippen molar-refractivity contribution < 1.29 is 22.1 Å². The fourth-order valence-electron chi connectivity index (χ4n) is 2.57. The number of methoxy groups -OCH3 is 1. The number of nitrogens with zero attached hydrogens (tertiary/aromatic N) is 1. The van der Waals surface area contributed by atoms with E-state index in [1.807, 2.05) is 0 Å². The summed E-state index contributed by atoms with van der Waals surface area (Å²) in [5.74, 6) is 0.289. The van der Waals surface area contributed by atoms with E-state index in [-0.39, 0.29) is 16.6 Å². The van der Waals surface area contributed by atoms with Gasteiger partial charge in [0.05, 0.1) is 18.1 Å². The number of imidazole rings is 1. The molecule has 10 heteroatoms. The third-order valence-corrected chi connectivity index (χ3v) is 5.33. The van der Waals surface area contributed by atoms with Crippen molar-refractivity contribution in [2.45, 2.75) is 24.7 Å². The number of hydrogen-bond acceptors (Lipinski definition) is 7. The van der Waals surface area contributed by atoms with Crippen molar-refractivity contribution in [1.82, 2.24) is 9.97 Å². The Bertz CT molecular complexity index is 1090. The first-order chi connectivity index (χ1) is 13.9. The maximum atomic E-state index is 12.6. The van der Waals surface area contributed by atoms with Gasteiger partial charge in [0.15, 0.2) is 0 Å². The topological polar surface area (TPSA) is 122 Å². The molecule has 0 spiro atoms. The van der Waals surface area contributed by atoms with Crippen molar-refractivity contribution >= 4 is 38.9 Å². The molecule has 0 unspecified atom stereocenters. The lowest BCUT2D eigenvalue weighted by Crippen LogP contribution is -2.11. The Hall–Kier alpha value is -3.27. The molecule has 0 saturated heterocycles. The first-order valence-corrected chi connectivity index (χ1v) is 10.5. The monoisotopic (exact) mass is 418 g/mol. The van der Waals surface area contributed by atoms with Crippen LogP contribution in [0.15, 0.2) is 47.4 Å². The normalized spacial score (nSPS) is 11.2. The maximum Gasteiger partial charge on any atom is 0.413 e. The van der Waals surface area contributed by atoms with Gasteiger partial charge in [0, 0.05) is 18.3 Å². The molecule has 0 aliphatic heterocycles. The van der Waals surface area contributed by atoms with E-state index in [1.165, 1.54) is 31.4 Å². The van der Waals surface area contributed by atoms with Crippen molar-refractivity contribution in [3.63, 3.8) is 0 Å². The van der Waals surface area contributed by atoms with Crippen molar-refractivity contribution in [3.8, 4) is 5.75 Å². The molecule has 0 radical (unpaired) electrons. The highest BCUT2D eigenvalue weighted by Gasteiger charge is 2.17. The fourth-order valence-corrected chi connectivity index (χ4v) is 3.49. The first kappa shape index (κ1) is 20.5. The van der Waals surface area contributed by atoms with Crippen LogP contribution in [0.2, 0.25) is 0 Å². The lowest BCUT2D eigenvalue weighted by atomic mass is 10.3. The Balaban J connectivity index is 1.73. The minimum Gasteiger partial charge on any atom is -0.453 e. The lowest BCUT2D eigenvalue weighted by molar-refractivity contribution is 0.186. The zero-order valence-corrected chi connectivity index (χ0v) is 16.9. The number of carbonyl (C=O) groups is 1. The van der Waals surface area contributed by atoms with Gasteiger partial charge in [0.25, 0.3) is 0 Å². The molecule has 0 saturated carbocycles. The molecule has 2 aromatic carbocycles. The highest BCUT2D eigenvalue weighted by molar-refractivity contribution is 7.87. The summed E-state index contributed by atoms with van der Waals surface area (Å²) in [5.41, 5.74) is 1.88. The third kappa shape index (κ3) is 5.17. The molecule has 3 N–H and O–H groups in total. The lowest BCUT2D eigenvalue weighted by Gasteiger charge is -2.09. The molecule has 0 fully saturated rings. The summed E-state index contributed by atoms with van der Waals surface area (Å²) in [5, 5.41) is 5.63. The second-order valence-corrected chi connectivity index (χ2v) is 7.77. The number of hydrogen-bond donors (Lipinski definition) is 3. The van der Waals surface area contributed by atoms with Crippen LogP contribution in [0, 0.1) is 0 Å². The number of ether oxygens (including phenoxy) is 1. The van der Waals surface area contributed by atoms with Crippen molar-refractivity contribution in [3.05, 3.63) is 42.5 Å². The van der Waals surface area contributed by atoms with Crippen LogP contribution in [0.3, 0.4) is 0 Å². The van der Waals surface area contributed by atoms with Gasteiger partial charge in [-0.3, -0.25) is 5.32 Å². The fraction of sp³-hybridized carbons (Fsp3) is 0.263. The summed E-state index contributed by atoms with van der Waals surface area (Å²) in [4.78, 5) is 18.4. The number of unbranched alkanes of at least 4 members (excludes halogenated alkanes) is 1. The molecule has 0 bridgehead atoms. The zero-order valence-electron chi connectivity index (χ0n) is 16.1. The summed E-state index contributed by atoms with van der Waals surface area (Å²) >= 11 is 0.